The van der Waals surface area contributed by atoms with Crippen LogP contribution in [0.3, 0.4) is 0 Å². The highest BCUT2D eigenvalue weighted by atomic mass is 32.1. The van der Waals surface area contributed by atoms with Crippen LogP contribution in [0.25, 0.3) is 10.6 Å². The van der Waals surface area contributed by atoms with Crippen LogP contribution in [0.1, 0.15) is 22.2 Å². The van der Waals surface area contributed by atoms with Gasteiger partial charge in [-0.1, -0.05) is 6.92 Å². The van der Waals surface area contributed by atoms with Crippen LogP contribution in [0, 0.1) is 5.82 Å². The number of halogens is 1. The number of carbonyl (C=O) groups is 1. The number of morpholine rings is 1. The molecule has 0 amide bonds. The van der Waals surface area contributed by atoms with Gasteiger partial charge in [-0.05, 0) is 18.6 Å². The molecule has 0 bridgehead atoms. The summed E-state index contributed by atoms with van der Waals surface area (Å²) in [7, 11) is 1.22. The summed E-state index contributed by atoms with van der Waals surface area (Å²) in [6.45, 7) is 4.43. The van der Waals surface area contributed by atoms with Gasteiger partial charge in [0.2, 0.25) is 0 Å². The molecule has 8 heteroatoms. The van der Waals surface area contributed by atoms with Crippen LogP contribution in [0.5, 0.6) is 5.75 Å². The molecule has 1 aromatic heterocycles. The Kier molecular flexibility index (Phi) is 6.18. The van der Waals surface area contributed by atoms with Crippen molar-refractivity contribution in [2.75, 3.05) is 33.4 Å². The number of esters is 1. The van der Waals surface area contributed by atoms with Crippen LogP contribution in [0.15, 0.2) is 18.3 Å². The molecule has 0 saturated carbocycles. The lowest BCUT2D eigenvalue weighted by Crippen LogP contribution is -2.41. The molecule has 0 radical (unpaired) electrons. The number of nitrogens with one attached hydrogen (secondary N) is 1. The number of aromatic nitrogens is 1. The van der Waals surface area contributed by atoms with Crippen LogP contribution in [-0.4, -0.2) is 50.5 Å². The van der Waals surface area contributed by atoms with Crippen molar-refractivity contribution < 1.29 is 23.4 Å². The summed E-state index contributed by atoms with van der Waals surface area (Å²) in [5.74, 6) is -1.03. The average Bonchev–Trinajstić information content (AvgIpc) is 3.16. The van der Waals surface area contributed by atoms with E-state index in [0.29, 0.717) is 30.5 Å². The first kappa shape index (κ1) is 18.8. The van der Waals surface area contributed by atoms with Crippen LogP contribution >= 0.6 is 11.3 Å². The Labute approximate surface area is 155 Å². The Morgan fingerprint density at radius 1 is 1.50 bits per heavy atom. The average molecular weight is 380 g/mol. The zero-order valence-corrected chi connectivity index (χ0v) is 15.5. The molecule has 0 spiro atoms. The van der Waals surface area contributed by atoms with Crippen LogP contribution in [0.2, 0.25) is 0 Å². The molecule has 1 aliphatic rings. The number of hydrogen-bond acceptors (Lipinski definition) is 7. The number of aryl methyl sites for hydroxylation is 1. The minimum atomic E-state index is -0.753. The van der Waals surface area contributed by atoms with Crippen molar-refractivity contribution >= 4 is 17.3 Å². The molecular formula is C18H21FN2O4S. The second kappa shape index (κ2) is 8.57. The number of carbonyl (C=O) groups excluding carboxylic acids is 1. The van der Waals surface area contributed by atoms with E-state index in [1.165, 1.54) is 24.5 Å². The van der Waals surface area contributed by atoms with E-state index in [1.807, 2.05) is 6.92 Å². The third-order valence-electron chi connectivity index (χ3n) is 4.02. The van der Waals surface area contributed by atoms with Gasteiger partial charge in [0, 0.05) is 24.2 Å². The lowest BCUT2D eigenvalue weighted by atomic mass is 10.1. The molecule has 6 nitrogen and oxygen atoms in total. The van der Waals surface area contributed by atoms with E-state index in [0.717, 1.165) is 17.8 Å². The Balaban J connectivity index is 1.90. The standard InChI is InChI=1S/C18H21FN2O4S/c1-3-13-9-21-17(26-13)14-6-11(7-15(16(14)19)18(22)23-2)25-10-12-8-20-4-5-24-12/h6-7,9,12,20H,3-5,8,10H2,1-2H3/t12-/m1/s1. The Morgan fingerprint density at radius 2 is 2.35 bits per heavy atom. The third kappa shape index (κ3) is 4.20. The topological polar surface area (TPSA) is 69.7 Å². The molecule has 1 aromatic carbocycles. The predicted molar refractivity (Wildman–Crippen MR) is 96.3 cm³/mol. The van der Waals surface area contributed by atoms with Crippen molar-refractivity contribution in [2.24, 2.45) is 0 Å². The van der Waals surface area contributed by atoms with Gasteiger partial charge in [0.25, 0.3) is 0 Å². The quantitative estimate of drug-likeness (QED) is 0.777. The van der Waals surface area contributed by atoms with Gasteiger partial charge in [-0.3, -0.25) is 0 Å². The second-order valence-electron chi connectivity index (χ2n) is 5.82. The summed E-state index contributed by atoms with van der Waals surface area (Å²) < 4.78 is 30.9. The lowest BCUT2D eigenvalue weighted by molar-refractivity contribution is 0.000170. The maximum absolute atomic E-state index is 14.9. The van der Waals surface area contributed by atoms with Crippen molar-refractivity contribution in [3.05, 3.63) is 34.6 Å². The van der Waals surface area contributed by atoms with E-state index >= 15 is 0 Å². The van der Waals surface area contributed by atoms with Gasteiger partial charge in [0.05, 0.1) is 24.8 Å². The van der Waals surface area contributed by atoms with Crippen LogP contribution in [0.4, 0.5) is 4.39 Å². The summed E-state index contributed by atoms with van der Waals surface area (Å²) in [6.07, 6.45) is 2.43. The number of benzene rings is 1. The molecule has 3 rings (SSSR count). The van der Waals surface area contributed by atoms with Gasteiger partial charge in [-0.25, -0.2) is 14.2 Å². The smallest absolute Gasteiger partial charge is 0.341 e. The molecule has 1 fully saturated rings. The van der Waals surface area contributed by atoms with Crippen molar-refractivity contribution in [3.63, 3.8) is 0 Å². The molecule has 0 unspecified atom stereocenters. The van der Waals surface area contributed by atoms with Gasteiger partial charge in [0.1, 0.15) is 29.3 Å². The SMILES string of the molecule is CCc1cnc(-c2cc(OC[C@H]3CNCCO3)cc(C(=O)OC)c2F)s1. The monoisotopic (exact) mass is 380 g/mol. The zero-order chi connectivity index (χ0) is 18.5. The highest BCUT2D eigenvalue weighted by Gasteiger charge is 2.22. The fraction of sp³-hybridized carbons (Fsp3) is 0.444. The first-order chi connectivity index (χ1) is 12.6. The molecule has 26 heavy (non-hydrogen) atoms. The van der Waals surface area contributed by atoms with Crippen molar-refractivity contribution in [2.45, 2.75) is 19.4 Å². The number of thiazole rings is 1. The van der Waals surface area contributed by atoms with Crippen LogP contribution < -0.4 is 10.1 Å². The zero-order valence-electron chi connectivity index (χ0n) is 14.7. The number of rotatable bonds is 6. The summed E-state index contributed by atoms with van der Waals surface area (Å²) in [4.78, 5) is 17.3. The fourth-order valence-electron chi connectivity index (χ4n) is 2.61. The Morgan fingerprint density at radius 3 is 3.00 bits per heavy atom. The van der Waals surface area contributed by atoms with E-state index in [2.05, 4.69) is 10.3 Å². The highest BCUT2D eigenvalue weighted by Crippen LogP contribution is 2.33. The normalized spacial score (nSPS) is 17.1. The van der Waals surface area contributed by atoms with E-state index in [-0.39, 0.29) is 17.2 Å². The minimum Gasteiger partial charge on any atom is -0.491 e. The minimum absolute atomic E-state index is 0.0922. The molecule has 2 aromatic rings. The van der Waals surface area contributed by atoms with E-state index in [1.54, 1.807) is 12.3 Å². The third-order valence-corrected chi connectivity index (χ3v) is 5.20. The van der Waals surface area contributed by atoms with Gasteiger partial charge in [-0.2, -0.15) is 0 Å². The summed E-state index contributed by atoms with van der Waals surface area (Å²) in [5.41, 5.74) is 0.0613. The molecule has 1 saturated heterocycles. The number of ether oxygens (including phenoxy) is 3. The maximum Gasteiger partial charge on any atom is 0.341 e. The van der Waals surface area contributed by atoms with Gasteiger partial charge < -0.3 is 19.5 Å². The number of hydrogen-bond donors (Lipinski definition) is 1. The van der Waals surface area contributed by atoms with E-state index in [9.17, 15) is 9.18 Å². The van der Waals surface area contributed by atoms with E-state index in [4.69, 9.17) is 14.2 Å². The first-order valence-corrected chi connectivity index (χ1v) is 9.26. The summed E-state index contributed by atoms with van der Waals surface area (Å²) in [5, 5.41) is 3.72. The van der Waals surface area contributed by atoms with Gasteiger partial charge in [0.15, 0.2) is 0 Å². The van der Waals surface area contributed by atoms with Gasteiger partial charge >= 0.3 is 5.97 Å². The number of nitrogens with zero attached hydrogens (tertiary/aromatic N) is 1. The van der Waals surface area contributed by atoms with Gasteiger partial charge in [-0.15, -0.1) is 11.3 Å². The molecule has 1 aliphatic heterocycles. The first-order valence-electron chi connectivity index (χ1n) is 8.44. The molecule has 140 valence electrons. The van der Waals surface area contributed by atoms with Crippen molar-refractivity contribution in [1.82, 2.24) is 10.3 Å². The lowest BCUT2D eigenvalue weighted by Gasteiger charge is -2.23. The molecule has 2 heterocycles. The Hall–Kier alpha value is -2.03. The molecule has 1 N–H and O–H groups in total. The molecular weight excluding hydrogens is 359 g/mol. The largest absolute Gasteiger partial charge is 0.491 e. The predicted octanol–water partition coefficient (Wildman–Crippen LogP) is 2.67. The van der Waals surface area contributed by atoms with E-state index < -0.39 is 11.8 Å². The molecule has 0 aliphatic carbocycles. The summed E-state index contributed by atoms with van der Waals surface area (Å²) in [6, 6.07) is 2.92. The van der Waals surface area contributed by atoms with Crippen LogP contribution in [-0.2, 0) is 15.9 Å². The highest BCUT2D eigenvalue weighted by molar-refractivity contribution is 7.15. The number of methoxy groups -OCH3 is 1. The Bertz CT molecular complexity index is 775. The van der Waals surface area contributed by atoms with Crippen molar-refractivity contribution in [1.29, 1.82) is 0 Å². The molecule has 1 atom stereocenters. The maximum atomic E-state index is 14.9. The summed E-state index contributed by atoms with van der Waals surface area (Å²) >= 11 is 1.39. The van der Waals surface area contributed by atoms with Crippen molar-refractivity contribution in [3.8, 4) is 16.3 Å². The fourth-order valence-corrected chi connectivity index (χ4v) is 3.47. The second-order valence-corrected chi connectivity index (χ2v) is 6.93.